The molecule has 22 heavy (non-hydrogen) atoms. The van der Waals surface area contributed by atoms with Crippen molar-refractivity contribution in [2.75, 3.05) is 5.75 Å². The van der Waals surface area contributed by atoms with Crippen LogP contribution in [0.4, 0.5) is 0 Å². The Labute approximate surface area is 130 Å². The van der Waals surface area contributed by atoms with Crippen LogP contribution in [0, 0.1) is 0 Å². The third-order valence-electron chi connectivity index (χ3n) is 3.11. The lowest BCUT2D eigenvalue weighted by Crippen LogP contribution is -2.40. The van der Waals surface area contributed by atoms with E-state index in [0.29, 0.717) is 17.3 Å². The molecule has 0 saturated heterocycles. The second-order valence-electron chi connectivity index (χ2n) is 4.65. The van der Waals surface area contributed by atoms with Crippen molar-refractivity contribution >= 4 is 23.6 Å². The number of amides is 1. The van der Waals surface area contributed by atoms with Crippen molar-refractivity contribution in [3.05, 3.63) is 47.9 Å². The summed E-state index contributed by atoms with van der Waals surface area (Å²) in [5, 5.41) is 11.5. The van der Waals surface area contributed by atoms with E-state index in [1.807, 2.05) is 24.3 Å². The number of hydrogen-bond acceptors (Lipinski definition) is 5. The highest BCUT2D eigenvalue weighted by molar-refractivity contribution is 7.99. The van der Waals surface area contributed by atoms with E-state index in [4.69, 9.17) is 14.3 Å². The molecule has 1 aliphatic rings. The summed E-state index contributed by atoms with van der Waals surface area (Å²) in [5.74, 6) is 0.0697. The van der Waals surface area contributed by atoms with Crippen molar-refractivity contribution < 1.29 is 23.8 Å². The van der Waals surface area contributed by atoms with Gasteiger partial charge in [-0.3, -0.25) is 4.79 Å². The number of carboxylic acids is 1. The number of thioether (sulfide) groups is 1. The number of carbonyl (C=O) groups is 2. The van der Waals surface area contributed by atoms with Crippen LogP contribution < -0.4 is 10.1 Å². The van der Waals surface area contributed by atoms with Gasteiger partial charge in [0.05, 0.1) is 6.54 Å². The third kappa shape index (κ3) is 3.09. The van der Waals surface area contributed by atoms with Gasteiger partial charge in [-0.2, -0.15) is 0 Å². The van der Waals surface area contributed by atoms with Crippen molar-refractivity contribution in [3.8, 4) is 5.75 Å². The molecule has 2 heterocycles. The Kier molecular flexibility index (Phi) is 4.06. The number of carboxylic acid groups (broad SMARTS) is 1. The lowest BCUT2D eigenvalue weighted by molar-refractivity contribution is -0.127. The van der Waals surface area contributed by atoms with E-state index in [1.54, 1.807) is 11.8 Å². The Balaban J connectivity index is 1.57. The first-order chi connectivity index (χ1) is 10.6. The molecule has 0 saturated carbocycles. The first-order valence-corrected chi connectivity index (χ1v) is 7.60. The van der Waals surface area contributed by atoms with E-state index in [0.717, 1.165) is 4.90 Å². The summed E-state index contributed by atoms with van der Waals surface area (Å²) in [6, 6.07) is 10.4. The number of furan rings is 1. The molecule has 1 aliphatic heterocycles. The highest BCUT2D eigenvalue weighted by atomic mass is 32.2. The van der Waals surface area contributed by atoms with Crippen molar-refractivity contribution in [2.45, 2.75) is 17.5 Å². The predicted molar refractivity (Wildman–Crippen MR) is 79.1 cm³/mol. The van der Waals surface area contributed by atoms with Crippen LogP contribution in [0.3, 0.4) is 0 Å². The topological polar surface area (TPSA) is 88.8 Å². The van der Waals surface area contributed by atoms with Crippen LogP contribution in [0.2, 0.25) is 0 Å². The lowest BCUT2D eigenvalue weighted by atomic mass is 10.3. The highest BCUT2D eigenvalue weighted by Crippen LogP contribution is 2.34. The fourth-order valence-electron chi connectivity index (χ4n) is 2.02. The van der Waals surface area contributed by atoms with Crippen LogP contribution in [0.25, 0.3) is 0 Å². The van der Waals surface area contributed by atoms with Gasteiger partial charge in [-0.1, -0.05) is 12.1 Å². The minimum Gasteiger partial charge on any atom is -0.479 e. The Morgan fingerprint density at radius 1 is 1.27 bits per heavy atom. The van der Waals surface area contributed by atoms with Gasteiger partial charge in [0.25, 0.3) is 5.91 Å². The van der Waals surface area contributed by atoms with Gasteiger partial charge in [0.1, 0.15) is 11.5 Å². The molecule has 3 rings (SSSR count). The van der Waals surface area contributed by atoms with Crippen molar-refractivity contribution in [1.29, 1.82) is 0 Å². The van der Waals surface area contributed by atoms with Gasteiger partial charge in [-0.25, -0.2) is 4.79 Å². The summed E-state index contributed by atoms with van der Waals surface area (Å²) in [7, 11) is 0. The van der Waals surface area contributed by atoms with Gasteiger partial charge in [-0.15, -0.1) is 11.8 Å². The predicted octanol–water partition coefficient (Wildman–Crippen LogP) is 2.15. The molecular weight excluding hydrogens is 306 g/mol. The molecule has 1 unspecified atom stereocenters. The summed E-state index contributed by atoms with van der Waals surface area (Å²) < 4.78 is 10.7. The Bertz CT molecular complexity index is 711. The Morgan fingerprint density at radius 3 is 2.86 bits per heavy atom. The third-order valence-corrected chi connectivity index (χ3v) is 4.23. The summed E-state index contributed by atoms with van der Waals surface area (Å²) in [5.41, 5.74) is 0. The molecule has 1 atom stereocenters. The van der Waals surface area contributed by atoms with Gasteiger partial charge < -0.3 is 19.6 Å². The fourth-order valence-corrected chi connectivity index (χ4v) is 3.01. The lowest BCUT2D eigenvalue weighted by Gasteiger charge is -2.24. The zero-order valence-electron chi connectivity index (χ0n) is 11.4. The summed E-state index contributed by atoms with van der Waals surface area (Å²) in [6.45, 7) is 0.123. The maximum atomic E-state index is 12.1. The van der Waals surface area contributed by atoms with Crippen molar-refractivity contribution in [2.24, 2.45) is 0 Å². The fraction of sp³-hybridized carbons (Fsp3) is 0.200. The van der Waals surface area contributed by atoms with Crippen LogP contribution in [-0.2, 0) is 11.3 Å². The normalized spacial score (nSPS) is 16.5. The molecule has 1 aromatic carbocycles. The molecule has 1 amide bonds. The molecule has 0 spiro atoms. The molecule has 114 valence electrons. The number of ether oxygens (including phenoxy) is 1. The molecule has 2 aromatic rings. The van der Waals surface area contributed by atoms with Gasteiger partial charge in [0.15, 0.2) is 6.10 Å². The van der Waals surface area contributed by atoms with Gasteiger partial charge in [0, 0.05) is 10.6 Å². The standard InChI is InChI=1S/C15H13NO5S/c17-14(16-7-9-5-6-11(20-9)15(18)19)12-8-22-13-4-2-1-3-10(13)21-12/h1-6,12H,7-8H2,(H,16,17)(H,18,19). The minimum absolute atomic E-state index is 0.123. The van der Waals surface area contributed by atoms with E-state index in [-0.39, 0.29) is 18.2 Å². The molecule has 0 fully saturated rings. The van der Waals surface area contributed by atoms with Gasteiger partial charge in [-0.05, 0) is 24.3 Å². The SMILES string of the molecule is O=C(O)c1ccc(CNC(=O)C2CSc3ccccc3O2)o1. The number of rotatable bonds is 4. The summed E-state index contributed by atoms with van der Waals surface area (Å²) in [6.07, 6.45) is -0.575. The smallest absolute Gasteiger partial charge is 0.371 e. The monoisotopic (exact) mass is 319 g/mol. The molecule has 0 radical (unpaired) electrons. The number of para-hydroxylation sites is 1. The highest BCUT2D eigenvalue weighted by Gasteiger charge is 2.26. The number of benzene rings is 1. The molecule has 1 aromatic heterocycles. The van der Waals surface area contributed by atoms with Crippen LogP contribution in [0.15, 0.2) is 45.7 Å². The second-order valence-corrected chi connectivity index (χ2v) is 5.71. The summed E-state index contributed by atoms with van der Waals surface area (Å²) in [4.78, 5) is 23.8. The zero-order valence-corrected chi connectivity index (χ0v) is 12.3. The Hall–Kier alpha value is -2.41. The first-order valence-electron chi connectivity index (χ1n) is 6.61. The molecular formula is C15H13NO5S. The van der Waals surface area contributed by atoms with E-state index in [9.17, 15) is 9.59 Å². The maximum Gasteiger partial charge on any atom is 0.371 e. The average molecular weight is 319 g/mol. The van der Waals surface area contributed by atoms with Crippen molar-refractivity contribution in [3.63, 3.8) is 0 Å². The average Bonchev–Trinajstić information content (AvgIpc) is 3.01. The molecule has 7 heteroatoms. The second kappa shape index (κ2) is 6.15. The van der Waals surface area contributed by atoms with Gasteiger partial charge in [0.2, 0.25) is 5.76 Å². The molecule has 2 N–H and O–H groups in total. The maximum absolute atomic E-state index is 12.1. The number of fused-ring (bicyclic) bond motifs is 1. The van der Waals surface area contributed by atoms with Crippen LogP contribution in [0.1, 0.15) is 16.3 Å². The van der Waals surface area contributed by atoms with E-state index in [2.05, 4.69) is 5.32 Å². The minimum atomic E-state index is -1.14. The van der Waals surface area contributed by atoms with Crippen LogP contribution >= 0.6 is 11.8 Å². The van der Waals surface area contributed by atoms with E-state index < -0.39 is 12.1 Å². The summed E-state index contributed by atoms with van der Waals surface area (Å²) >= 11 is 1.57. The molecule has 6 nitrogen and oxygen atoms in total. The zero-order chi connectivity index (χ0) is 15.5. The number of aromatic carboxylic acids is 1. The van der Waals surface area contributed by atoms with Gasteiger partial charge >= 0.3 is 5.97 Å². The first kappa shape index (κ1) is 14.5. The van der Waals surface area contributed by atoms with Crippen LogP contribution in [-0.4, -0.2) is 28.8 Å². The van der Waals surface area contributed by atoms with E-state index in [1.165, 1.54) is 12.1 Å². The largest absolute Gasteiger partial charge is 0.479 e. The Morgan fingerprint density at radius 2 is 2.09 bits per heavy atom. The number of hydrogen-bond donors (Lipinski definition) is 2. The number of carbonyl (C=O) groups excluding carboxylic acids is 1. The number of nitrogens with one attached hydrogen (secondary N) is 1. The quantitative estimate of drug-likeness (QED) is 0.897. The molecule has 0 aliphatic carbocycles. The van der Waals surface area contributed by atoms with Crippen molar-refractivity contribution in [1.82, 2.24) is 5.32 Å². The van der Waals surface area contributed by atoms with E-state index >= 15 is 0 Å². The van der Waals surface area contributed by atoms with Crippen LogP contribution in [0.5, 0.6) is 5.75 Å². The molecule has 0 bridgehead atoms.